The Morgan fingerprint density at radius 3 is 2.29 bits per heavy atom. The smallest absolute Gasteiger partial charge is 0.126 e. The Bertz CT molecular complexity index is 489. The molecule has 0 atom stereocenters. The minimum Gasteiger partial charge on any atom is -0.330 e. The van der Waals surface area contributed by atoms with E-state index < -0.39 is 11.6 Å². The molecular formula is C13H12F2N2. The zero-order valence-electron chi connectivity index (χ0n) is 9.16. The number of nitrogens with two attached hydrogens (primary N) is 1. The van der Waals surface area contributed by atoms with Crippen molar-refractivity contribution in [3.05, 3.63) is 53.7 Å². The summed E-state index contributed by atoms with van der Waals surface area (Å²) in [4.78, 5) is 4.16. The van der Waals surface area contributed by atoms with Crippen molar-refractivity contribution in [3.63, 3.8) is 0 Å². The molecular weight excluding hydrogens is 222 g/mol. The zero-order valence-corrected chi connectivity index (χ0v) is 9.16. The first-order valence-corrected chi connectivity index (χ1v) is 5.30. The number of aromatic nitrogens is 1. The van der Waals surface area contributed by atoms with Gasteiger partial charge in [0.2, 0.25) is 0 Å². The summed E-state index contributed by atoms with van der Waals surface area (Å²) in [7, 11) is 0. The molecule has 1 heterocycles. The van der Waals surface area contributed by atoms with Crippen molar-refractivity contribution in [1.82, 2.24) is 4.98 Å². The van der Waals surface area contributed by atoms with Gasteiger partial charge >= 0.3 is 0 Å². The lowest BCUT2D eigenvalue weighted by atomic mass is 10.1. The van der Waals surface area contributed by atoms with E-state index >= 15 is 0 Å². The first-order chi connectivity index (χ1) is 8.19. The monoisotopic (exact) mass is 234 g/mol. The largest absolute Gasteiger partial charge is 0.330 e. The lowest BCUT2D eigenvalue weighted by Gasteiger charge is -2.03. The fourth-order valence-corrected chi connectivity index (χ4v) is 1.61. The van der Waals surface area contributed by atoms with Gasteiger partial charge in [0.1, 0.15) is 11.6 Å². The SMILES string of the molecule is NCCc1ccc(-c2cc(F)cc(F)c2)nc1. The number of benzene rings is 1. The molecule has 0 radical (unpaired) electrons. The van der Waals surface area contributed by atoms with Crippen LogP contribution >= 0.6 is 0 Å². The van der Waals surface area contributed by atoms with Gasteiger partial charge in [-0.15, -0.1) is 0 Å². The average molecular weight is 234 g/mol. The van der Waals surface area contributed by atoms with Gasteiger partial charge in [-0.2, -0.15) is 0 Å². The number of hydrogen-bond donors (Lipinski definition) is 1. The minimum atomic E-state index is -0.604. The van der Waals surface area contributed by atoms with Crippen molar-refractivity contribution in [3.8, 4) is 11.3 Å². The van der Waals surface area contributed by atoms with Crippen LogP contribution in [-0.2, 0) is 6.42 Å². The van der Waals surface area contributed by atoms with Gasteiger partial charge in [-0.3, -0.25) is 4.98 Å². The summed E-state index contributed by atoms with van der Waals surface area (Å²) in [6.45, 7) is 0.551. The molecule has 0 bridgehead atoms. The average Bonchev–Trinajstić information content (AvgIpc) is 2.29. The summed E-state index contributed by atoms with van der Waals surface area (Å²) in [5, 5.41) is 0. The van der Waals surface area contributed by atoms with E-state index in [1.807, 2.05) is 6.07 Å². The lowest BCUT2D eigenvalue weighted by Crippen LogP contribution is -2.02. The van der Waals surface area contributed by atoms with Crippen molar-refractivity contribution in [2.24, 2.45) is 5.73 Å². The van der Waals surface area contributed by atoms with Crippen molar-refractivity contribution < 1.29 is 8.78 Å². The van der Waals surface area contributed by atoms with Crippen molar-refractivity contribution in [2.75, 3.05) is 6.54 Å². The van der Waals surface area contributed by atoms with Gasteiger partial charge in [-0.1, -0.05) is 6.07 Å². The predicted octanol–water partition coefficient (Wildman–Crippen LogP) is 2.53. The Morgan fingerprint density at radius 2 is 1.76 bits per heavy atom. The molecule has 1 aromatic heterocycles. The maximum atomic E-state index is 13.0. The first kappa shape index (κ1) is 11.7. The highest BCUT2D eigenvalue weighted by Crippen LogP contribution is 2.19. The Hall–Kier alpha value is -1.81. The van der Waals surface area contributed by atoms with Crippen molar-refractivity contribution in [2.45, 2.75) is 6.42 Å². The predicted molar refractivity (Wildman–Crippen MR) is 62.3 cm³/mol. The topological polar surface area (TPSA) is 38.9 Å². The van der Waals surface area contributed by atoms with Crippen LogP contribution in [-0.4, -0.2) is 11.5 Å². The fraction of sp³-hybridized carbons (Fsp3) is 0.154. The number of hydrogen-bond acceptors (Lipinski definition) is 2. The molecule has 4 heteroatoms. The van der Waals surface area contributed by atoms with Crippen LogP contribution in [0, 0.1) is 11.6 Å². The zero-order chi connectivity index (χ0) is 12.3. The molecule has 0 saturated carbocycles. The first-order valence-electron chi connectivity index (χ1n) is 5.30. The maximum absolute atomic E-state index is 13.0. The van der Waals surface area contributed by atoms with E-state index in [0.29, 0.717) is 17.8 Å². The van der Waals surface area contributed by atoms with Gasteiger partial charge in [0.15, 0.2) is 0 Å². The van der Waals surface area contributed by atoms with Crippen LogP contribution < -0.4 is 5.73 Å². The molecule has 0 unspecified atom stereocenters. The van der Waals surface area contributed by atoms with Crippen LogP contribution in [0.4, 0.5) is 8.78 Å². The number of nitrogens with zero attached hydrogens (tertiary/aromatic N) is 1. The number of rotatable bonds is 3. The molecule has 1 aromatic carbocycles. The second-order valence-electron chi connectivity index (χ2n) is 3.75. The second kappa shape index (κ2) is 5.01. The molecule has 0 fully saturated rings. The molecule has 0 amide bonds. The third kappa shape index (κ3) is 2.85. The molecule has 0 aliphatic heterocycles. The van der Waals surface area contributed by atoms with E-state index in [0.717, 1.165) is 18.1 Å². The molecule has 0 saturated heterocycles. The van der Waals surface area contributed by atoms with Gasteiger partial charge < -0.3 is 5.73 Å². The molecule has 2 nitrogen and oxygen atoms in total. The summed E-state index contributed by atoms with van der Waals surface area (Å²) in [5.41, 5.74) is 7.41. The summed E-state index contributed by atoms with van der Waals surface area (Å²) in [6.07, 6.45) is 2.41. The molecule has 0 aliphatic carbocycles. The minimum absolute atomic E-state index is 0.432. The van der Waals surface area contributed by atoms with Crippen LogP contribution in [0.1, 0.15) is 5.56 Å². The molecule has 88 valence electrons. The van der Waals surface area contributed by atoms with Crippen LogP contribution in [0.2, 0.25) is 0 Å². The summed E-state index contributed by atoms with van der Waals surface area (Å²) >= 11 is 0. The Balaban J connectivity index is 2.32. The Labute approximate surface area is 98.1 Å². The molecule has 2 aromatic rings. The highest BCUT2D eigenvalue weighted by molar-refractivity contribution is 5.59. The maximum Gasteiger partial charge on any atom is 0.126 e. The van der Waals surface area contributed by atoms with Crippen molar-refractivity contribution >= 4 is 0 Å². The van der Waals surface area contributed by atoms with Crippen molar-refractivity contribution in [1.29, 1.82) is 0 Å². The van der Waals surface area contributed by atoms with Crippen LogP contribution in [0.5, 0.6) is 0 Å². The van der Waals surface area contributed by atoms with Crippen LogP contribution in [0.3, 0.4) is 0 Å². The molecule has 2 N–H and O–H groups in total. The number of halogens is 2. The normalized spacial score (nSPS) is 10.5. The summed E-state index contributed by atoms with van der Waals surface area (Å²) in [6, 6.07) is 6.95. The van der Waals surface area contributed by atoms with E-state index in [1.165, 1.54) is 12.1 Å². The van der Waals surface area contributed by atoms with Crippen LogP contribution in [0.15, 0.2) is 36.5 Å². The standard InChI is InChI=1S/C13H12F2N2/c14-11-5-10(6-12(15)7-11)13-2-1-9(3-4-16)8-17-13/h1-2,5-8H,3-4,16H2. The van der Waals surface area contributed by atoms with Gasteiger partial charge in [0.05, 0.1) is 5.69 Å². The van der Waals surface area contributed by atoms with E-state index in [-0.39, 0.29) is 0 Å². The third-order valence-electron chi connectivity index (χ3n) is 2.42. The molecule has 0 spiro atoms. The van der Waals surface area contributed by atoms with Crippen LogP contribution in [0.25, 0.3) is 11.3 Å². The van der Waals surface area contributed by atoms with E-state index in [4.69, 9.17) is 5.73 Å². The number of pyridine rings is 1. The van der Waals surface area contributed by atoms with Gasteiger partial charge in [-0.25, -0.2) is 8.78 Å². The quantitative estimate of drug-likeness (QED) is 0.886. The summed E-state index contributed by atoms with van der Waals surface area (Å²) < 4.78 is 26.1. The molecule has 0 aliphatic rings. The third-order valence-corrected chi connectivity index (χ3v) is 2.42. The highest BCUT2D eigenvalue weighted by atomic mass is 19.1. The fourth-order valence-electron chi connectivity index (χ4n) is 1.61. The van der Waals surface area contributed by atoms with Gasteiger partial charge in [0, 0.05) is 17.8 Å². The van der Waals surface area contributed by atoms with Gasteiger partial charge in [-0.05, 0) is 36.7 Å². The Morgan fingerprint density at radius 1 is 1.06 bits per heavy atom. The highest BCUT2D eigenvalue weighted by Gasteiger charge is 2.04. The Kier molecular flexibility index (Phi) is 3.44. The lowest BCUT2D eigenvalue weighted by molar-refractivity contribution is 0.584. The van der Waals surface area contributed by atoms with E-state index in [1.54, 1.807) is 12.3 Å². The molecule has 2 rings (SSSR count). The summed E-state index contributed by atoms with van der Waals surface area (Å²) in [5.74, 6) is -1.21. The van der Waals surface area contributed by atoms with E-state index in [2.05, 4.69) is 4.98 Å². The van der Waals surface area contributed by atoms with E-state index in [9.17, 15) is 8.78 Å². The van der Waals surface area contributed by atoms with Gasteiger partial charge in [0.25, 0.3) is 0 Å². The second-order valence-corrected chi connectivity index (χ2v) is 3.75. The molecule has 17 heavy (non-hydrogen) atoms.